The molecule has 3 aliphatic rings. The predicted octanol–water partition coefficient (Wildman–Crippen LogP) is 0.801. The van der Waals surface area contributed by atoms with E-state index in [0.717, 1.165) is 19.3 Å². The van der Waals surface area contributed by atoms with E-state index in [9.17, 15) is 14.4 Å². The fourth-order valence-electron chi connectivity index (χ4n) is 2.99. The maximum atomic E-state index is 12.3. The van der Waals surface area contributed by atoms with Crippen molar-refractivity contribution in [2.75, 3.05) is 13.1 Å². The zero-order valence-corrected chi connectivity index (χ0v) is 13.3. The second-order valence-corrected chi connectivity index (χ2v) is 7.64. The Morgan fingerprint density at radius 1 is 1.18 bits per heavy atom. The van der Waals surface area contributed by atoms with Crippen LogP contribution >= 0.6 is 0 Å². The van der Waals surface area contributed by atoms with E-state index in [1.807, 2.05) is 20.8 Å². The number of nitrogens with one attached hydrogen (secondary N) is 2. The number of hydrogen-bond donors (Lipinski definition) is 2. The lowest BCUT2D eigenvalue weighted by Gasteiger charge is -2.26. The monoisotopic (exact) mass is 309 g/mol. The Labute approximate surface area is 129 Å². The number of amides is 3. The van der Waals surface area contributed by atoms with Gasteiger partial charge < -0.3 is 9.64 Å². The van der Waals surface area contributed by atoms with E-state index in [1.54, 1.807) is 4.90 Å². The van der Waals surface area contributed by atoms with Crippen molar-refractivity contribution in [2.45, 2.75) is 45.6 Å². The molecule has 3 fully saturated rings. The SMILES string of the molecule is CC(C)(C)OC(=O)N1CC2CC2(C(=O)NNC(=O)C2CC2)C1. The van der Waals surface area contributed by atoms with Crippen LogP contribution in [0.4, 0.5) is 4.79 Å². The van der Waals surface area contributed by atoms with Crippen LogP contribution in [0.5, 0.6) is 0 Å². The second-order valence-electron chi connectivity index (χ2n) is 7.64. The first kappa shape index (κ1) is 15.1. The molecule has 2 saturated carbocycles. The molecule has 0 radical (unpaired) electrons. The summed E-state index contributed by atoms with van der Waals surface area (Å²) in [5, 5.41) is 0. The van der Waals surface area contributed by atoms with Crippen LogP contribution in [-0.2, 0) is 14.3 Å². The average molecular weight is 309 g/mol. The number of carbonyl (C=O) groups excluding carboxylic acids is 3. The van der Waals surface area contributed by atoms with E-state index in [-0.39, 0.29) is 29.7 Å². The van der Waals surface area contributed by atoms with E-state index in [1.165, 1.54) is 0 Å². The highest BCUT2D eigenvalue weighted by Crippen LogP contribution is 2.58. The number of hydrogen-bond acceptors (Lipinski definition) is 4. The first-order valence-corrected chi connectivity index (χ1v) is 7.79. The molecule has 0 aromatic heterocycles. The third kappa shape index (κ3) is 2.89. The van der Waals surface area contributed by atoms with Crippen LogP contribution in [0.1, 0.15) is 40.0 Å². The van der Waals surface area contributed by atoms with Crippen molar-refractivity contribution in [1.82, 2.24) is 15.8 Å². The number of hydrazine groups is 1. The molecule has 122 valence electrons. The van der Waals surface area contributed by atoms with Crippen molar-refractivity contribution >= 4 is 17.9 Å². The number of nitrogens with zero attached hydrogens (tertiary/aromatic N) is 1. The minimum atomic E-state index is -0.548. The first-order chi connectivity index (χ1) is 10.2. The Hall–Kier alpha value is -1.79. The summed E-state index contributed by atoms with van der Waals surface area (Å²) in [4.78, 5) is 37.5. The number of piperidine rings is 1. The number of likely N-dealkylation sites (tertiary alicyclic amines) is 1. The summed E-state index contributed by atoms with van der Waals surface area (Å²) < 4.78 is 5.34. The Balaban J connectivity index is 1.51. The van der Waals surface area contributed by atoms with Gasteiger partial charge in [0.15, 0.2) is 0 Å². The van der Waals surface area contributed by atoms with Gasteiger partial charge in [-0.2, -0.15) is 0 Å². The molecule has 1 aliphatic heterocycles. The first-order valence-electron chi connectivity index (χ1n) is 7.79. The van der Waals surface area contributed by atoms with Gasteiger partial charge in [-0.15, -0.1) is 0 Å². The number of fused-ring (bicyclic) bond motifs is 1. The number of ether oxygens (including phenoxy) is 1. The normalized spacial score (nSPS) is 29.6. The number of carbonyl (C=O) groups is 3. The fraction of sp³-hybridized carbons (Fsp3) is 0.800. The summed E-state index contributed by atoms with van der Waals surface area (Å²) in [6, 6.07) is 0. The highest BCUT2D eigenvalue weighted by Gasteiger charge is 2.66. The summed E-state index contributed by atoms with van der Waals surface area (Å²) in [6.45, 7) is 6.35. The molecule has 2 N–H and O–H groups in total. The molecule has 0 spiro atoms. The maximum absolute atomic E-state index is 12.3. The molecule has 3 rings (SSSR count). The lowest BCUT2D eigenvalue weighted by molar-refractivity contribution is -0.132. The second kappa shape index (κ2) is 4.86. The smallest absolute Gasteiger partial charge is 0.410 e. The lowest BCUT2D eigenvalue weighted by Crippen LogP contribution is -2.48. The molecule has 1 saturated heterocycles. The van der Waals surface area contributed by atoms with Gasteiger partial charge in [0, 0.05) is 19.0 Å². The van der Waals surface area contributed by atoms with Crippen LogP contribution in [0.3, 0.4) is 0 Å². The molecule has 7 heteroatoms. The molecular weight excluding hydrogens is 286 g/mol. The quantitative estimate of drug-likeness (QED) is 0.739. The molecule has 0 aromatic carbocycles. The summed E-state index contributed by atoms with van der Waals surface area (Å²) in [7, 11) is 0. The van der Waals surface area contributed by atoms with Crippen molar-refractivity contribution in [3.63, 3.8) is 0 Å². The molecule has 0 bridgehead atoms. The topological polar surface area (TPSA) is 87.7 Å². The van der Waals surface area contributed by atoms with Crippen LogP contribution < -0.4 is 10.9 Å². The average Bonchev–Trinajstić information content (AvgIpc) is 3.32. The van der Waals surface area contributed by atoms with Crippen LogP contribution in [0, 0.1) is 17.3 Å². The molecule has 1 heterocycles. The largest absolute Gasteiger partial charge is 0.444 e. The Morgan fingerprint density at radius 3 is 2.45 bits per heavy atom. The van der Waals surface area contributed by atoms with Crippen LogP contribution in [-0.4, -0.2) is 41.5 Å². The minimum Gasteiger partial charge on any atom is -0.444 e. The molecule has 0 aromatic rings. The van der Waals surface area contributed by atoms with Gasteiger partial charge in [0.2, 0.25) is 11.8 Å². The van der Waals surface area contributed by atoms with Gasteiger partial charge >= 0.3 is 6.09 Å². The summed E-state index contributed by atoms with van der Waals surface area (Å²) in [5.74, 6) is -0.103. The highest BCUT2D eigenvalue weighted by atomic mass is 16.6. The van der Waals surface area contributed by atoms with Gasteiger partial charge in [-0.3, -0.25) is 20.4 Å². The van der Waals surface area contributed by atoms with Crippen LogP contribution in [0.2, 0.25) is 0 Å². The van der Waals surface area contributed by atoms with E-state index in [0.29, 0.717) is 13.1 Å². The molecule has 2 aliphatic carbocycles. The Bertz CT molecular complexity index is 523. The van der Waals surface area contributed by atoms with Crippen molar-refractivity contribution in [3.05, 3.63) is 0 Å². The van der Waals surface area contributed by atoms with Crippen molar-refractivity contribution in [3.8, 4) is 0 Å². The zero-order valence-electron chi connectivity index (χ0n) is 13.3. The van der Waals surface area contributed by atoms with Gasteiger partial charge in [-0.05, 0) is 46.0 Å². The molecule has 2 atom stereocenters. The molecule has 7 nitrogen and oxygen atoms in total. The van der Waals surface area contributed by atoms with Gasteiger partial charge in [0.1, 0.15) is 5.60 Å². The standard InChI is InChI=1S/C15H23N3O4/c1-14(2,3)22-13(21)18-7-10-6-15(10,8-18)12(20)17-16-11(19)9-4-5-9/h9-10H,4-8H2,1-3H3,(H,16,19)(H,17,20). The van der Waals surface area contributed by atoms with E-state index < -0.39 is 11.0 Å². The van der Waals surface area contributed by atoms with Crippen LogP contribution in [0.25, 0.3) is 0 Å². The van der Waals surface area contributed by atoms with Gasteiger partial charge in [-0.25, -0.2) is 4.79 Å². The highest BCUT2D eigenvalue weighted by molar-refractivity contribution is 5.90. The van der Waals surface area contributed by atoms with E-state index in [4.69, 9.17) is 4.74 Å². The predicted molar refractivity (Wildman–Crippen MR) is 77.4 cm³/mol. The van der Waals surface area contributed by atoms with Crippen LogP contribution in [0.15, 0.2) is 0 Å². The third-order valence-corrected chi connectivity index (χ3v) is 4.50. The van der Waals surface area contributed by atoms with Crippen molar-refractivity contribution in [1.29, 1.82) is 0 Å². The van der Waals surface area contributed by atoms with Gasteiger partial charge in [-0.1, -0.05) is 0 Å². The maximum Gasteiger partial charge on any atom is 0.410 e. The Kier molecular flexibility index (Phi) is 3.34. The third-order valence-electron chi connectivity index (χ3n) is 4.50. The summed E-state index contributed by atoms with van der Waals surface area (Å²) in [6.07, 6.45) is 2.16. The zero-order chi connectivity index (χ0) is 16.1. The molecule has 22 heavy (non-hydrogen) atoms. The minimum absolute atomic E-state index is 0.0506. The summed E-state index contributed by atoms with van der Waals surface area (Å²) >= 11 is 0. The fourth-order valence-corrected chi connectivity index (χ4v) is 2.99. The van der Waals surface area contributed by atoms with Crippen molar-refractivity contribution in [2.24, 2.45) is 17.3 Å². The number of rotatable bonds is 2. The van der Waals surface area contributed by atoms with Gasteiger partial charge in [0.05, 0.1) is 5.41 Å². The summed E-state index contributed by atoms with van der Waals surface area (Å²) in [5.41, 5.74) is 3.91. The molecule has 3 amide bonds. The molecular formula is C15H23N3O4. The van der Waals surface area contributed by atoms with Gasteiger partial charge in [0.25, 0.3) is 0 Å². The van der Waals surface area contributed by atoms with E-state index >= 15 is 0 Å². The van der Waals surface area contributed by atoms with Crippen molar-refractivity contribution < 1.29 is 19.1 Å². The van der Waals surface area contributed by atoms with E-state index in [2.05, 4.69) is 10.9 Å². The Morgan fingerprint density at radius 2 is 1.86 bits per heavy atom. The lowest BCUT2D eigenvalue weighted by atomic mass is 10.1. The molecule has 2 unspecified atom stereocenters.